The molecule has 2 nitrogen and oxygen atoms in total. The van der Waals surface area contributed by atoms with Gasteiger partial charge in [0.1, 0.15) is 0 Å². The monoisotopic (exact) mass is 210 g/mol. The molecule has 1 N–H and O–H groups in total. The van der Waals surface area contributed by atoms with E-state index >= 15 is 0 Å². The zero-order valence-corrected chi connectivity index (χ0v) is 9.22. The Morgan fingerprint density at radius 2 is 1.25 bits per heavy atom. The molecule has 0 radical (unpaired) electrons. The third kappa shape index (κ3) is 2.28. The Bertz CT molecular complexity index is 419. The van der Waals surface area contributed by atoms with E-state index in [2.05, 4.69) is 34.8 Å². The van der Waals surface area contributed by atoms with Gasteiger partial charge in [0.25, 0.3) is 0 Å². The summed E-state index contributed by atoms with van der Waals surface area (Å²) in [7, 11) is 1.81. The van der Waals surface area contributed by atoms with Crippen molar-refractivity contribution in [3.8, 4) is 0 Å². The average molecular weight is 210 g/mol. The van der Waals surface area contributed by atoms with Crippen molar-refractivity contribution in [3.63, 3.8) is 0 Å². The number of nitrogens with one attached hydrogen (secondary N) is 1. The van der Waals surface area contributed by atoms with E-state index in [1.807, 2.05) is 43.4 Å². The molecule has 0 saturated carbocycles. The molecule has 16 heavy (non-hydrogen) atoms. The molecule has 0 atom stereocenters. The summed E-state index contributed by atoms with van der Waals surface area (Å²) < 4.78 is 0. The zero-order valence-electron chi connectivity index (χ0n) is 9.22. The molecule has 0 bridgehead atoms. The number of hydrazone groups is 1. The van der Waals surface area contributed by atoms with Gasteiger partial charge in [0.2, 0.25) is 0 Å². The van der Waals surface area contributed by atoms with Crippen LogP contribution in [0.2, 0.25) is 0 Å². The van der Waals surface area contributed by atoms with Gasteiger partial charge in [0, 0.05) is 18.2 Å². The van der Waals surface area contributed by atoms with Gasteiger partial charge in [-0.2, -0.15) is 5.10 Å². The van der Waals surface area contributed by atoms with Crippen molar-refractivity contribution in [2.24, 2.45) is 5.10 Å². The van der Waals surface area contributed by atoms with E-state index in [9.17, 15) is 0 Å². The molecule has 0 saturated heterocycles. The van der Waals surface area contributed by atoms with Gasteiger partial charge in [0.15, 0.2) is 0 Å². The van der Waals surface area contributed by atoms with Crippen LogP contribution < -0.4 is 5.43 Å². The quantitative estimate of drug-likeness (QED) is 0.611. The topological polar surface area (TPSA) is 24.4 Å². The lowest BCUT2D eigenvalue weighted by atomic mass is 10.0. The molecule has 0 heterocycles. The van der Waals surface area contributed by atoms with Gasteiger partial charge in [-0.05, 0) is 0 Å². The van der Waals surface area contributed by atoms with Crippen LogP contribution >= 0.6 is 0 Å². The van der Waals surface area contributed by atoms with Gasteiger partial charge in [-0.15, -0.1) is 0 Å². The highest BCUT2D eigenvalue weighted by Gasteiger charge is 2.04. The Balaban J connectivity index is 2.44. The first-order valence-electron chi connectivity index (χ1n) is 5.27. The van der Waals surface area contributed by atoms with Gasteiger partial charge in [-0.3, -0.25) is 0 Å². The second-order valence-electron chi connectivity index (χ2n) is 3.42. The fourth-order valence-corrected chi connectivity index (χ4v) is 1.60. The molecule has 2 rings (SSSR count). The number of hydrogen-bond donors (Lipinski definition) is 1. The summed E-state index contributed by atoms with van der Waals surface area (Å²) in [5.41, 5.74) is 6.04. The molecule has 0 unspecified atom stereocenters. The maximum Gasteiger partial charge on any atom is 0.0973 e. The Hall–Kier alpha value is -2.09. The first-order chi connectivity index (χ1) is 7.92. The van der Waals surface area contributed by atoms with Crippen LogP contribution in [0.15, 0.2) is 65.8 Å². The average Bonchev–Trinajstić information content (AvgIpc) is 2.38. The molecule has 0 amide bonds. The molecule has 0 fully saturated rings. The molecule has 0 aliphatic heterocycles. The number of benzene rings is 2. The van der Waals surface area contributed by atoms with E-state index < -0.39 is 0 Å². The molecule has 2 aromatic rings. The minimum absolute atomic E-state index is 0.962. The van der Waals surface area contributed by atoms with Crippen molar-refractivity contribution in [2.45, 2.75) is 0 Å². The van der Waals surface area contributed by atoms with E-state index in [-0.39, 0.29) is 0 Å². The van der Waals surface area contributed by atoms with Gasteiger partial charge in [-0.25, -0.2) is 0 Å². The Kier molecular flexibility index (Phi) is 3.34. The molecule has 80 valence electrons. The molecule has 2 heteroatoms. The maximum atomic E-state index is 4.33. The number of rotatable bonds is 3. The first-order valence-corrected chi connectivity index (χ1v) is 5.27. The van der Waals surface area contributed by atoms with Crippen LogP contribution in [0.3, 0.4) is 0 Å². The summed E-state index contributed by atoms with van der Waals surface area (Å²) in [6, 6.07) is 20.3. The third-order valence-corrected chi connectivity index (χ3v) is 2.32. The van der Waals surface area contributed by atoms with Crippen molar-refractivity contribution in [3.05, 3.63) is 71.8 Å². The molecule has 2 aromatic carbocycles. The van der Waals surface area contributed by atoms with E-state index in [1.54, 1.807) is 0 Å². The summed E-state index contributed by atoms with van der Waals surface area (Å²) in [6.07, 6.45) is 0. The SMILES string of the molecule is CNN=C(c1ccccc1)c1ccccc1. The molecule has 0 aromatic heterocycles. The number of nitrogens with zero attached hydrogens (tertiary/aromatic N) is 1. The highest BCUT2D eigenvalue weighted by molar-refractivity contribution is 6.12. The van der Waals surface area contributed by atoms with Crippen molar-refractivity contribution in [2.75, 3.05) is 7.05 Å². The maximum absolute atomic E-state index is 4.33. The Morgan fingerprint density at radius 1 is 0.812 bits per heavy atom. The summed E-state index contributed by atoms with van der Waals surface area (Å²) in [6.45, 7) is 0. The van der Waals surface area contributed by atoms with Crippen LogP contribution in [0.1, 0.15) is 11.1 Å². The summed E-state index contributed by atoms with van der Waals surface area (Å²) in [5.74, 6) is 0. The van der Waals surface area contributed by atoms with Crippen molar-refractivity contribution in [1.82, 2.24) is 5.43 Å². The fourth-order valence-electron chi connectivity index (χ4n) is 1.60. The van der Waals surface area contributed by atoms with Crippen molar-refractivity contribution < 1.29 is 0 Å². The lowest BCUT2D eigenvalue weighted by Gasteiger charge is -2.06. The minimum atomic E-state index is 0.962. The normalized spacial score (nSPS) is 9.56. The van der Waals surface area contributed by atoms with Gasteiger partial charge in [0.05, 0.1) is 5.71 Å². The van der Waals surface area contributed by atoms with E-state index in [0.717, 1.165) is 16.8 Å². The molecule has 0 aliphatic rings. The lowest BCUT2D eigenvalue weighted by molar-refractivity contribution is 0.901. The standard InChI is InChI=1S/C14H14N2/c1-15-16-14(12-8-4-2-5-9-12)13-10-6-3-7-11-13/h2-11,15H,1H3. The minimum Gasteiger partial charge on any atom is -0.313 e. The predicted octanol–water partition coefficient (Wildman–Crippen LogP) is 2.66. The Labute approximate surface area is 95.6 Å². The summed E-state index contributed by atoms with van der Waals surface area (Å²) in [5, 5.41) is 4.33. The highest BCUT2D eigenvalue weighted by atomic mass is 15.3. The van der Waals surface area contributed by atoms with Gasteiger partial charge < -0.3 is 5.43 Å². The van der Waals surface area contributed by atoms with E-state index in [4.69, 9.17) is 0 Å². The largest absolute Gasteiger partial charge is 0.313 e. The van der Waals surface area contributed by atoms with E-state index in [1.165, 1.54) is 0 Å². The molecule has 0 aliphatic carbocycles. The zero-order chi connectivity index (χ0) is 11.2. The van der Waals surface area contributed by atoms with E-state index in [0.29, 0.717) is 0 Å². The second kappa shape index (κ2) is 5.12. The van der Waals surface area contributed by atoms with Crippen LogP contribution in [0, 0.1) is 0 Å². The van der Waals surface area contributed by atoms with Crippen molar-refractivity contribution in [1.29, 1.82) is 0 Å². The van der Waals surface area contributed by atoms with Crippen LogP contribution in [0.4, 0.5) is 0 Å². The fraction of sp³-hybridized carbons (Fsp3) is 0.0714. The van der Waals surface area contributed by atoms with Crippen LogP contribution in [0.5, 0.6) is 0 Å². The van der Waals surface area contributed by atoms with Gasteiger partial charge in [-0.1, -0.05) is 60.7 Å². The smallest absolute Gasteiger partial charge is 0.0973 e. The Morgan fingerprint density at radius 3 is 1.62 bits per heavy atom. The van der Waals surface area contributed by atoms with Crippen LogP contribution in [0.25, 0.3) is 0 Å². The molecular weight excluding hydrogens is 196 g/mol. The van der Waals surface area contributed by atoms with Crippen LogP contribution in [-0.2, 0) is 0 Å². The van der Waals surface area contributed by atoms with Gasteiger partial charge >= 0.3 is 0 Å². The third-order valence-electron chi connectivity index (χ3n) is 2.32. The van der Waals surface area contributed by atoms with Crippen molar-refractivity contribution >= 4 is 5.71 Å². The predicted molar refractivity (Wildman–Crippen MR) is 67.6 cm³/mol. The molecular formula is C14H14N2. The highest BCUT2D eigenvalue weighted by Crippen LogP contribution is 2.09. The second-order valence-corrected chi connectivity index (χ2v) is 3.42. The van der Waals surface area contributed by atoms with Crippen LogP contribution in [-0.4, -0.2) is 12.8 Å². The summed E-state index contributed by atoms with van der Waals surface area (Å²) in [4.78, 5) is 0. The summed E-state index contributed by atoms with van der Waals surface area (Å²) >= 11 is 0. The first kappa shape index (κ1) is 10.4. The molecule has 0 spiro atoms. The lowest BCUT2D eigenvalue weighted by Crippen LogP contribution is -2.08. The number of hydrogen-bond acceptors (Lipinski definition) is 2.